The molecule has 0 saturated carbocycles. The second-order valence-electron chi connectivity index (χ2n) is 4.42. The van der Waals surface area contributed by atoms with Crippen LogP contribution in [0.5, 0.6) is 0 Å². The summed E-state index contributed by atoms with van der Waals surface area (Å²) in [6.45, 7) is 2.99. The van der Waals surface area contributed by atoms with Gasteiger partial charge in [-0.05, 0) is 42.7 Å². The number of anilines is 2. The van der Waals surface area contributed by atoms with Crippen LogP contribution in [0.1, 0.15) is 11.1 Å². The van der Waals surface area contributed by atoms with E-state index in [4.69, 9.17) is 5.73 Å². The Bertz CT molecular complexity index is 510. The lowest BCUT2D eigenvalue weighted by Crippen LogP contribution is -2.21. The molecule has 0 spiro atoms. The predicted octanol–water partition coefficient (Wildman–Crippen LogP) is 2.05. The number of rotatable bonds is 4. The van der Waals surface area contributed by atoms with E-state index in [0.717, 1.165) is 24.2 Å². The van der Waals surface area contributed by atoms with Crippen molar-refractivity contribution in [3.63, 3.8) is 0 Å². The fourth-order valence-electron chi connectivity index (χ4n) is 1.94. The summed E-state index contributed by atoms with van der Waals surface area (Å²) >= 11 is 0. The largest absolute Gasteiger partial charge is 0.384 e. The standard InChI is InChI=1S/C14H18N4/c1-11-9-14(15)17-10-13(11)18(2)8-5-12-3-6-16-7-4-12/h3-4,6-7,9-10H,5,8H2,1-2H3,(H2,15,17). The first-order valence-electron chi connectivity index (χ1n) is 5.99. The third kappa shape index (κ3) is 2.97. The molecule has 0 unspecified atom stereocenters. The van der Waals surface area contributed by atoms with Gasteiger partial charge in [-0.15, -0.1) is 0 Å². The van der Waals surface area contributed by atoms with Crippen LogP contribution in [0.2, 0.25) is 0 Å². The van der Waals surface area contributed by atoms with E-state index in [2.05, 4.69) is 28.8 Å². The summed E-state index contributed by atoms with van der Waals surface area (Å²) in [5.74, 6) is 0.568. The Kier molecular flexibility index (Phi) is 3.77. The van der Waals surface area contributed by atoms with Crippen molar-refractivity contribution in [3.05, 3.63) is 47.9 Å². The van der Waals surface area contributed by atoms with Gasteiger partial charge >= 0.3 is 0 Å². The number of hydrogen-bond acceptors (Lipinski definition) is 4. The minimum absolute atomic E-state index is 0.568. The van der Waals surface area contributed by atoms with E-state index < -0.39 is 0 Å². The molecular formula is C14H18N4. The Hall–Kier alpha value is -2.10. The molecule has 2 heterocycles. The van der Waals surface area contributed by atoms with Crippen LogP contribution in [-0.4, -0.2) is 23.6 Å². The minimum atomic E-state index is 0.568. The zero-order valence-electron chi connectivity index (χ0n) is 10.8. The average molecular weight is 242 g/mol. The molecule has 4 heteroatoms. The molecule has 0 fully saturated rings. The van der Waals surface area contributed by atoms with Gasteiger partial charge in [-0.25, -0.2) is 4.98 Å². The van der Waals surface area contributed by atoms with E-state index >= 15 is 0 Å². The van der Waals surface area contributed by atoms with E-state index in [1.165, 1.54) is 5.56 Å². The Morgan fingerprint density at radius 1 is 1.28 bits per heavy atom. The van der Waals surface area contributed by atoms with Crippen LogP contribution in [0, 0.1) is 6.92 Å². The van der Waals surface area contributed by atoms with Gasteiger partial charge in [-0.1, -0.05) is 0 Å². The van der Waals surface area contributed by atoms with Crippen molar-refractivity contribution in [1.29, 1.82) is 0 Å². The molecule has 0 amide bonds. The van der Waals surface area contributed by atoms with Gasteiger partial charge in [0.05, 0.1) is 11.9 Å². The molecule has 0 saturated heterocycles. The number of hydrogen-bond donors (Lipinski definition) is 1. The summed E-state index contributed by atoms with van der Waals surface area (Å²) in [6.07, 6.45) is 6.47. The number of nitrogens with zero attached hydrogens (tertiary/aromatic N) is 3. The monoisotopic (exact) mass is 242 g/mol. The minimum Gasteiger partial charge on any atom is -0.384 e. The molecule has 0 aliphatic rings. The van der Waals surface area contributed by atoms with Crippen molar-refractivity contribution < 1.29 is 0 Å². The summed E-state index contributed by atoms with van der Waals surface area (Å²) in [5.41, 5.74) is 9.22. The van der Waals surface area contributed by atoms with Crippen LogP contribution in [0.4, 0.5) is 11.5 Å². The highest BCUT2D eigenvalue weighted by Crippen LogP contribution is 2.19. The number of nitrogen functional groups attached to an aromatic ring is 1. The maximum absolute atomic E-state index is 5.66. The average Bonchev–Trinajstić information content (AvgIpc) is 2.37. The van der Waals surface area contributed by atoms with Crippen molar-refractivity contribution >= 4 is 11.5 Å². The van der Waals surface area contributed by atoms with E-state index in [0.29, 0.717) is 5.82 Å². The van der Waals surface area contributed by atoms with Gasteiger partial charge in [0.2, 0.25) is 0 Å². The number of likely N-dealkylation sites (N-methyl/N-ethyl adjacent to an activating group) is 1. The molecule has 0 aliphatic heterocycles. The lowest BCUT2D eigenvalue weighted by Gasteiger charge is -2.21. The summed E-state index contributed by atoms with van der Waals surface area (Å²) in [4.78, 5) is 10.4. The van der Waals surface area contributed by atoms with Gasteiger partial charge in [-0.3, -0.25) is 4.98 Å². The number of aromatic nitrogens is 2. The Morgan fingerprint density at radius 2 is 2.00 bits per heavy atom. The number of pyridine rings is 2. The molecular weight excluding hydrogens is 224 g/mol. The predicted molar refractivity (Wildman–Crippen MR) is 74.6 cm³/mol. The Labute approximate surface area is 107 Å². The fourth-order valence-corrected chi connectivity index (χ4v) is 1.94. The zero-order valence-corrected chi connectivity index (χ0v) is 10.8. The molecule has 0 radical (unpaired) electrons. The molecule has 2 rings (SSSR count). The van der Waals surface area contributed by atoms with Crippen molar-refractivity contribution in [2.75, 3.05) is 24.2 Å². The second-order valence-corrected chi connectivity index (χ2v) is 4.42. The highest BCUT2D eigenvalue weighted by atomic mass is 15.1. The zero-order chi connectivity index (χ0) is 13.0. The first kappa shape index (κ1) is 12.4. The molecule has 18 heavy (non-hydrogen) atoms. The molecule has 0 atom stereocenters. The van der Waals surface area contributed by atoms with Gasteiger partial charge in [0.1, 0.15) is 5.82 Å². The summed E-state index contributed by atoms with van der Waals surface area (Å²) in [7, 11) is 2.07. The third-order valence-electron chi connectivity index (χ3n) is 3.00. The van der Waals surface area contributed by atoms with Crippen molar-refractivity contribution in [1.82, 2.24) is 9.97 Å². The first-order valence-corrected chi connectivity index (χ1v) is 5.99. The second kappa shape index (κ2) is 5.49. The van der Waals surface area contributed by atoms with E-state index in [1.807, 2.05) is 36.8 Å². The highest BCUT2D eigenvalue weighted by Gasteiger charge is 2.05. The molecule has 4 nitrogen and oxygen atoms in total. The normalized spacial score (nSPS) is 10.3. The molecule has 0 bridgehead atoms. The molecule has 94 valence electrons. The van der Waals surface area contributed by atoms with Gasteiger partial charge in [0, 0.05) is 26.0 Å². The van der Waals surface area contributed by atoms with Gasteiger partial charge in [0.15, 0.2) is 0 Å². The van der Waals surface area contributed by atoms with Crippen LogP contribution in [0.3, 0.4) is 0 Å². The number of nitrogens with two attached hydrogens (primary N) is 1. The van der Waals surface area contributed by atoms with E-state index in [-0.39, 0.29) is 0 Å². The maximum Gasteiger partial charge on any atom is 0.123 e. The summed E-state index contributed by atoms with van der Waals surface area (Å²) in [6, 6.07) is 5.99. The van der Waals surface area contributed by atoms with Crippen molar-refractivity contribution in [3.8, 4) is 0 Å². The highest BCUT2D eigenvalue weighted by molar-refractivity contribution is 5.54. The molecule has 2 aromatic heterocycles. The topological polar surface area (TPSA) is 55.0 Å². The molecule has 2 aromatic rings. The summed E-state index contributed by atoms with van der Waals surface area (Å²) < 4.78 is 0. The lowest BCUT2D eigenvalue weighted by molar-refractivity contribution is 0.868. The first-order chi connectivity index (χ1) is 8.66. The van der Waals surface area contributed by atoms with Gasteiger partial charge in [0.25, 0.3) is 0 Å². The SMILES string of the molecule is Cc1cc(N)ncc1N(C)CCc1ccncc1. The fraction of sp³-hybridized carbons (Fsp3) is 0.286. The van der Waals surface area contributed by atoms with Crippen molar-refractivity contribution in [2.24, 2.45) is 0 Å². The maximum atomic E-state index is 5.66. The van der Waals surface area contributed by atoms with Crippen LogP contribution >= 0.6 is 0 Å². The van der Waals surface area contributed by atoms with Crippen molar-refractivity contribution in [2.45, 2.75) is 13.3 Å². The van der Waals surface area contributed by atoms with Crippen LogP contribution in [0.15, 0.2) is 36.8 Å². The van der Waals surface area contributed by atoms with E-state index in [1.54, 1.807) is 0 Å². The molecule has 2 N–H and O–H groups in total. The van der Waals surface area contributed by atoms with Gasteiger partial charge in [-0.2, -0.15) is 0 Å². The number of aryl methyl sites for hydroxylation is 1. The van der Waals surface area contributed by atoms with Crippen LogP contribution in [0.25, 0.3) is 0 Å². The Morgan fingerprint density at radius 3 is 2.67 bits per heavy atom. The summed E-state index contributed by atoms with van der Waals surface area (Å²) in [5, 5.41) is 0. The van der Waals surface area contributed by atoms with Gasteiger partial charge < -0.3 is 10.6 Å². The van der Waals surface area contributed by atoms with Crippen LogP contribution < -0.4 is 10.6 Å². The lowest BCUT2D eigenvalue weighted by atomic mass is 10.1. The third-order valence-corrected chi connectivity index (χ3v) is 3.00. The van der Waals surface area contributed by atoms with Crippen LogP contribution in [-0.2, 0) is 6.42 Å². The molecule has 0 aromatic carbocycles. The Balaban J connectivity index is 2.01. The smallest absolute Gasteiger partial charge is 0.123 e. The molecule has 0 aliphatic carbocycles. The van der Waals surface area contributed by atoms with E-state index in [9.17, 15) is 0 Å². The quantitative estimate of drug-likeness (QED) is 0.891.